The van der Waals surface area contributed by atoms with Crippen LogP contribution in [0.25, 0.3) is 11.3 Å². The maximum absolute atomic E-state index is 13.5. The summed E-state index contributed by atoms with van der Waals surface area (Å²) >= 11 is 0. The molecule has 5 heteroatoms. The molecular formula is C22H27NO4. The molecule has 1 amide bonds. The number of likely N-dealkylation sites (tertiary alicyclic amines) is 1. The Morgan fingerprint density at radius 2 is 2.00 bits per heavy atom. The molecule has 3 atom stereocenters. The maximum atomic E-state index is 13.5. The molecule has 1 aromatic carbocycles. The zero-order chi connectivity index (χ0) is 19.0. The van der Waals surface area contributed by atoms with E-state index in [9.17, 15) is 4.79 Å². The van der Waals surface area contributed by atoms with E-state index in [0.717, 1.165) is 37.0 Å². The van der Waals surface area contributed by atoms with Gasteiger partial charge in [-0.05, 0) is 38.7 Å². The first-order chi connectivity index (χ1) is 13.1. The van der Waals surface area contributed by atoms with Crippen LogP contribution in [0, 0.1) is 6.92 Å². The minimum Gasteiger partial charge on any atom is -0.461 e. The Kier molecular flexibility index (Phi) is 4.82. The van der Waals surface area contributed by atoms with E-state index in [1.807, 2.05) is 48.2 Å². The minimum absolute atomic E-state index is 0.0198. The number of benzene rings is 1. The van der Waals surface area contributed by atoms with Crippen LogP contribution in [-0.4, -0.2) is 49.3 Å². The van der Waals surface area contributed by atoms with Gasteiger partial charge in [0.1, 0.15) is 11.5 Å². The summed E-state index contributed by atoms with van der Waals surface area (Å²) in [5.74, 6) is 1.41. The van der Waals surface area contributed by atoms with Gasteiger partial charge in [-0.25, -0.2) is 0 Å². The number of methoxy groups -OCH3 is 2. The largest absolute Gasteiger partial charge is 0.461 e. The van der Waals surface area contributed by atoms with Crippen LogP contribution in [0.1, 0.15) is 41.8 Å². The van der Waals surface area contributed by atoms with Gasteiger partial charge in [-0.15, -0.1) is 0 Å². The zero-order valence-electron chi connectivity index (χ0n) is 16.2. The summed E-state index contributed by atoms with van der Waals surface area (Å²) in [7, 11) is 3.52. The fourth-order valence-electron chi connectivity index (χ4n) is 4.75. The molecule has 0 bridgehead atoms. The third-order valence-corrected chi connectivity index (χ3v) is 6.26. The van der Waals surface area contributed by atoms with Crippen LogP contribution >= 0.6 is 0 Å². The summed E-state index contributed by atoms with van der Waals surface area (Å²) in [5.41, 5.74) is 1.30. The molecule has 2 aromatic rings. The first kappa shape index (κ1) is 18.3. The zero-order valence-corrected chi connectivity index (χ0v) is 16.2. The first-order valence-corrected chi connectivity index (χ1v) is 9.63. The van der Waals surface area contributed by atoms with Crippen molar-refractivity contribution in [2.75, 3.05) is 20.8 Å². The quantitative estimate of drug-likeness (QED) is 0.816. The monoisotopic (exact) mass is 369 g/mol. The number of amides is 1. The Labute approximate surface area is 160 Å². The molecule has 1 aromatic heterocycles. The lowest BCUT2D eigenvalue weighted by molar-refractivity contribution is -0.0893. The lowest BCUT2D eigenvalue weighted by atomic mass is 9.79. The van der Waals surface area contributed by atoms with Crippen molar-refractivity contribution in [1.82, 2.24) is 4.90 Å². The van der Waals surface area contributed by atoms with E-state index in [1.54, 1.807) is 14.2 Å². The van der Waals surface area contributed by atoms with Gasteiger partial charge >= 0.3 is 0 Å². The molecule has 27 heavy (non-hydrogen) atoms. The van der Waals surface area contributed by atoms with Gasteiger partial charge in [-0.3, -0.25) is 4.79 Å². The summed E-state index contributed by atoms with van der Waals surface area (Å²) in [6.07, 6.45) is 3.75. The average Bonchev–Trinajstić information content (AvgIpc) is 3.28. The van der Waals surface area contributed by atoms with Crippen molar-refractivity contribution >= 4 is 5.91 Å². The number of nitrogens with zero attached hydrogens (tertiary/aromatic N) is 1. The first-order valence-electron chi connectivity index (χ1n) is 9.63. The molecule has 144 valence electrons. The molecule has 5 nitrogen and oxygen atoms in total. The highest BCUT2D eigenvalue weighted by molar-refractivity contribution is 6.00. The third kappa shape index (κ3) is 3.09. The smallest absolute Gasteiger partial charge is 0.258 e. The van der Waals surface area contributed by atoms with Crippen molar-refractivity contribution in [2.24, 2.45) is 0 Å². The highest BCUT2D eigenvalue weighted by atomic mass is 16.5. The molecule has 2 fully saturated rings. The van der Waals surface area contributed by atoms with Crippen molar-refractivity contribution in [1.29, 1.82) is 0 Å². The number of rotatable bonds is 4. The van der Waals surface area contributed by atoms with E-state index < -0.39 is 0 Å². The lowest BCUT2D eigenvalue weighted by Gasteiger charge is -2.43. The van der Waals surface area contributed by atoms with E-state index in [2.05, 4.69) is 0 Å². The van der Waals surface area contributed by atoms with Gasteiger partial charge in [0.2, 0.25) is 0 Å². The Balaban J connectivity index is 1.67. The molecule has 0 N–H and O–H groups in total. The molecule has 1 saturated heterocycles. The lowest BCUT2D eigenvalue weighted by Crippen LogP contribution is -2.53. The molecule has 0 radical (unpaired) electrons. The van der Waals surface area contributed by atoms with Crippen molar-refractivity contribution in [3.63, 3.8) is 0 Å². The molecule has 2 aliphatic rings. The number of fused-ring (bicyclic) bond motifs is 1. The van der Waals surface area contributed by atoms with Crippen molar-refractivity contribution < 1.29 is 18.7 Å². The van der Waals surface area contributed by atoms with Crippen molar-refractivity contribution in [2.45, 2.75) is 50.4 Å². The number of hydrogen-bond donors (Lipinski definition) is 0. The van der Waals surface area contributed by atoms with E-state index >= 15 is 0 Å². The van der Waals surface area contributed by atoms with Crippen LogP contribution in [0.3, 0.4) is 0 Å². The Bertz CT molecular complexity index is 815. The number of furan rings is 1. The summed E-state index contributed by atoms with van der Waals surface area (Å²) in [6.45, 7) is 2.58. The van der Waals surface area contributed by atoms with E-state index in [4.69, 9.17) is 13.9 Å². The molecule has 1 aliphatic heterocycles. The van der Waals surface area contributed by atoms with Crippen LogP contribution < -0.4 is 0 Å². The average molecular weight is 369 g/mol. The Hall–Kier alpha value is -2.11. The van der Waals surface area contributed by atoms with Gasteiger partial charge in [0.05, 0.1) is 23.3 Å². The van der Waals surface area contributed by atoms with Crippen LogP contribution in [0.2, 0.25) is 0 Å². The van der Waals surface area contributed by atoms with Gasteiger partial charge in [0.15, 0.2) is 0 Å². The number of ether oxygens (including phenoxy) is 2. The Morgan fingerprint density at radius 3 is 2.70 bits per heavy atom. The molecule has 0 spiro atoms. The van der Waals surface area contributed by atoms with Crippen molar-refractivity contribution in [3.8, 4) is 11.3 Å². The summed E-state index contributed by atoms with van der Waals surface area (Å²) in [4.78, 5) is 15.5. The highest BCUT2D eigenvalue weighted by Gasteiger charge is 2.53. The predicted octanol–water partition coefficient (Wildman–Crippen LogP) is 4.05. The molecule has 2 heterocycles. The van der Waals surface area contributed by atoms with Crippen LogP contribution in [0.5, 0.6) is 0 Å². The molecule has 1 saturated carbocycles. The predicted molar refractivity (Wildman–Crippen MR) is 103 cm³/mol. The summed E-state index contributed by atoms with van der Waals surface area (Å²) in [5, 5.41) is 0. The molecular weight excluding hydrogens is 342 g/mol. The second kappa shape index (κ2) is 7.13. The number of carbonyl (C=O) groups excluding carboxylic acids is 1. The Morgan fingerprint density at radius 1 is 1.22 bits per heavy atom. The maximum Gasteiger partial charge on any atom is 0.258 e. The van der Waals surface area contributed by atoms with Gasteiger partial charge in [-0.2, -0.15) is 0 Å². The molecule has 4 rings (SSSR count). The molecule has 1 aliphatic carbocycles. The number of hydrogen-bond acceptors (Lipinski definition) is 4. The second-order valence-corrected chi connectivity index (χ2v) is 7.63. The topological polar surface area (TPSA) is 51.9 Å². The van der Waals surface area contributed by atoms with E-state index in [-0.39, 0.29) is 23.7 Å². The minimum atomic E-state index is -0.254. The van der Waals surface area contributed by atoms with Crippen LogP contribution in [0.4, 0.5) is 0 Å². The van der Waals surface area contributed by atoms with E-state index in [0.29, 0.717) is 17.9 Å². The number of carbonyl (C=O) groups is 1. The third-order valence-electron chi connectivity index (χ3n) is 6.26. The van der Waals surface area contributed by atoms with Gasteiger partial charge < -0.3 is 18.8 Å². The fourth-order valence-corrected chi connectivity index (χ4v) is 4.75. The van der Waals surface area contributed by atoms with Crippen LogP contribution in [-0.2, 0) is 9.47 Å². The summed E-state index contributed by atoms with van der Waals surface area (Å²) < 4.78 is 17.5. The van der Waals surface area contributed by atoms with E-state index in [1.165, 1.54) is 0 Å². The standard InChI is InChI=1S/C22H27NO4/c1-15-13-18(20(27-15)16-7-5-4-6-8-16)21(24)23-12-11-22(26-3)10-9-17(25-2)14-19(22)23/h4-8,13,17,19H,9-12,14H2,1-3H3/t17-,19-,22+/m0/s1. The SMILES string of the molecule is CO[C@H]1CC[C@@]2(OC)CCN(C(=O)c3cc(C)oc3-c3ccccc3)[C@H]2C1. The van der Waals surface area contributed by atoms with Gasteiger partial charge in [0.25, 0.3) is 5.91 Å². The summed E-state index contributed by atoms with van der Waals surface area (Å²) in [6, 6.07) is 11.7. The molecule has 0 unspecified atom stereocenters. The fraction of sp³-hybridized carbons (Fsp3) is 0.500. The highest BCUT2D eigenvalue weighted by Crippen LogP contribution is 2.44. The van der Waals surface area contributed by atoms with Crippen LogP contribution in [0.15, 0.2) is 40.8 Å². The number of aryl methyl sites for hydroxylation is 1. The second-order valence-electron chi connectivity index (χ2n) is 7.63. The van der Waals surface area contributed by atoms with Gasteiger partial charge in [0, 0.05) is 26.3 Å². The normalized spacial score (nSPS) is 27.6. The van der Waals surface area contributed by atoms with Gasteiger partial charge in [-0.1, -0.05) is 30.3 Å². The van der Waals surface area contributed by atoms with Crippen molar-refractivity contribution in [3.05, 3.63) is 47.7 Å².